The summed E-state index contributed by atoms with van der Waals surface area (Å²) in [6, 6.07) is 10.9. The number of benzene rings is 1. The van der Waals surface area contributed by atoms with Crippen LogP contribution in [0.4, 0.5) is 0 Å². The Morgan fingerprint density at radius 3 is 1.89 bits per heavy atom. The van der Waals surface area contributed by atoms with Crippen LogP contribution in [0.1, 0.15) is 40.2 Å². The molecule has 2 heteroatoms. The van der Waals surface area contributed by atoms with Crippen molar-refractivity contribution >= 4 is 0 Å². The van der Waals surface area contributed by atoms with Crippen molar-refractivity contribution in [3.8, 4) is 0 Å². The number of hydrogen-bond acceptors (Lipinski definition) is 1. The first-order valence-corrected chi connectivity index (χ1v) is 7.77. The SMILES string of the molecule is CCN(CC)C(C)[N+](CC)(CC)Cc1ccccc1. The van der Waals surface area contributed by atoms with Crippen molar-refractivity contribution in [2.24, 2.45) is 0 Å². The fourth-order valence-corrected chi connectivity index (χ4v) is 3.15. The van der Waals surface area contributed by atoms with Crippen LogP contribution in [-0.4, -0.2) is 41.7 Å². The summed E-state index contributed by atoms with van der Waals surface area (Å²) in [5.41, 5.74) is 1.45. The minimum atomic E-state index is 0.574. The van der Waals surface area contributed by atoms with Gasteiger partial charge in [0.2, 0.25) is 0 Å². The van der Waals surface area contributed by atoms with Crippen molar-refractivity contribution in [3.05, 3.63) is 35.9 Å². The molecule has 0 radical (unpaired) electrons. The maximum atomic E-state index is 2.58. The second-order valence-corrected chi connectivity index (χ2v) is 5.35. The highest BCUT2D eigenvalue weighted by Gasteiger charge is 2.33. The van der Waals surface area contributed by atoms with Gasteiger partial charge < -0.3 is 4.48 Å². The van der Waals surface area contributed by atoms with E-state index in [2.05, 4.69) is 69.9 Å². The van der Waals surface area contributed by atoms with Gasteiger partial charge in [0.05, 0.1) is 13.1 Å². The molecule has 0 heterocycles. The summed E-state index contributed by atoms with van der Waals surface area (Å²) >= 11 is 0. The van der Waals surface area contributed by atoms with Crippen LogP contribution in [0, 0.1) is 0 Å². The normalized spacial score (nSPS) is 13.8. The summed E-state index contributed by atoms with van der Waals surface area (Å²) in [6.45, 7) is 17.3. The fourth-order valence-electron chi connectivity index (χ4n) is 3.15. The Balaban J connectivity index is 2.96. The maximum Gasteiger partial charge on any atom is 0.142 e. The van der Waals surface area contributed by atoms with E-state index in [9.17, 15) is 0 Å². The predicted molar refractivity (Wildman–Crippen MR) is 83.9 cm³/mol. The Kier molecular flexibility index (Phi) is 6.53. The largest absolute Gasteiger partial charge is 0.306 e. The van der Waals surface area contributed by atoms with Crippen LogP contribution in [0.25, 0.3) is 0 Å². The van der Waals surface area contributed by atoms with E-state index in [0.717, 1.165) is 24.1 Å². The van der Waals surface area contributed by atoms with Crippen molar-refractivity contribution in [3.63, 3.8) is 0 Å². The van der Waals surface area contributed by atoms with Crippen LogP contribution in [-0.2, 0) is 6.54 Å². The van der Waals surface area contributed by atoms with E-state index in [1.165, 1.54) is 18.7 Å². The van der Waals surface area contributed by atoms with Crippen LogP contribution in [0.5, 0.6) is 0 Å². The van der Waals surface area contributed by atoms with Gasteiger partial charge in [0.15, 0.2) is 0 Å². The molecule has 0 aliphatic rings. The van der Waals surface area contributed by atoms with E-state index in [4.69, 9.17) is 0 Å². The molecule has 1 unspecified atom stereocenters. The lowest BCUT2D eigenvalue weighted by Gasteiger charge is -2.46. The molecule has 19 heavy (non-hydrogen) atoms. The molecule has 1 rings (SSSR count). The highest BCUT2D eigenvalue weighted by Crippen LogP contribution is 2.21. The van der Waals surface area contributed by atoms with Gasteiger partial charge in [0.25, 0.3) is 0 Å². The highest BCUT2D eigenvalue weighted by atomic mass is 15.5. The average molecular weight is 263 g/mol. The maximum absolute atomic E-state index is 2.58. The lowest BCUT2D eigenvalue weighted by atomic mass is 10.1. The Bertz CT molecular complexity index is 340. The zero-order chi connectivity index (χ0) is 14.3. The molecule has 1 atom stereocenters. The molecule has 0 saturated heterocycles. The van der Waals surface area contributed by atoms with Gasteiger partial charge in [0, 0.05) is 25.6 Å². The molecule has 0 N–H and O–H groups in total. The molecule has 0 aliphatic carbocycles. The Labute approximate surface area is 119 Å². The summed E-state index contributed by atoms with van der Waals surface area (Å²) in [7, 11) is 0. The fraction of sp³-hybridized carbons (Fsp3) is 0.647. The summed E-state index contributed by atoms with van der Waals surface area (Å²) in [5.74, 6) is 0. The van der Waals surface area contributed by atoms with Crippen LogP contribution in [0.3, 0.4) is 0 Å². The van der Waals surface area contributed by atoms with Crippen LogP contribution < -0.4 is 0 Å². The first-order chi connectivity index (χ1) is 9.13. The average Bonchev–Trinajstić information content (AvgIpc) is 2.47. The third-order valence-electron chi connectivity index (χ3n) is 4.73. The van der Waals surface area contributed by atoms with Gasteiger partial charge in [0.1, 0.15) is 12.7 Å². The van der Waals surface area contributed by atoms with E-state index in [1.54, 1.807) is 0 Å². The molecule has 1 aromatic carbocycles. The van der Waals surface area contributed by atoms with Gasteiger partial charge >= 0.3 is 0 Å². The Hall–Kier alpha value is -0.860. The van der Waals surface area contributed by atoms with Gasteiger partial charge in [-0.05, 0) is 13.8 Å². The molecular formula is C17H31N2+. The molecule has 0 amide bonds. The quantitative estimate of drug-likeness (QED) is 0.510. The van der Waals surface area contributed by atoms with Gasteiger partial charge in [-0.2, -0.15) is 0 Å². The number of hydrogen-bond donors (Lipinski definition) is 0. The number of nitrogens with zero attached hydrogens (tertiary/aromatic N) is 2. The van der Waals surface area contributed by atoms with Crippen molar-refractivity contribution < 1.29 is 4.48 Å². The van der Waals surface area contributed by atoms with Gasteiger partial charge in [-0.15, -0.1) is 0 Å². The second-order valence-electron chi connectivity index (χ2n) is 5.35. The van der Waals surface area contributed by atoms with E-state index < -0.39 is 0 Å². The monoisotopic (exact) mass is 263 g/mol. The first kappa shape index (κ1) is 16.2. The molecule has 0 saturated carbocycles. The standard InChI is InChI=1S/C17H31N2/c1-6-18(7-2)16(5)19(8-3,9-4)15-17-13-11-10-12-14-17/h10-14,16H,6-9,15H2,1-5H3/q+1. The molecule has 0 fully saturated rings. The summed E-state index contributed by atoms with van der Waals surface area (Å²) < 4.78 is 1.14. The minimum Gasteiger partial charge on any atom is -0.306 e. The van der Waals surface area contributed by atoms with Crippen molar-refractivity contribution in [2.75, 3.05) is 26.2 Å². The second kappa shape index (κ2) is 7.66. The third-order valence-corrected chi connectivity index (χ3v) is 4.73. The predicted octanol–water partition coefficient (Wildman–Crippen LogP) is 3.73. The highest BCUT2D eigenvalue weighted by molar-refractivity contribution is 5.13. The lowest BCUT2D eigenvalue weighted by Crippen LogP contribution is -2.60. The van der Waals surface area contributed by atoms with Gasteiger partial charge in [-0.25, -0.2) is 0 Å². The molecule has 108 valence electrons. The first-order valence-electron chi connectivity index (χ1n) is 7.77. The van der Waals surface area contributed by atoms with E-state index >= 15 is 0 Å². The van der Waals surface area contributed by atoms with Crippen LogP contribution >= 0.6 is 0 Å². The molecule has 0 spiro atoms. The van der Waals surface area contributed by atoms with E-state index in [0.29, 0.717) is 6.17 Å². The Morgan fingerprint density at radius 1 is 0.947 bits per heavy atom. The van der Waals surface area contributed by atoms with Gasteiger partial charge in [-0.1, -0.05) is 44.2 Å². The minimum absolute atomic E-state index is 0.574. The summed E-state index contributed by atoms with van der Waals surface area (Å²) in [4.78, 5) is 2.58. The smallest absolute Gasteiger partial charge is 0.142 e. The number of rotatable bonds is 8. The molecule has 0 aromatic heterocycles. The summed E-state index contributed by atoms with van der Waals surface area (Å²) in [6.07, 6.45) is 0.574. The Morgan fingerprint density at radius 2 is 1.47 bits per heavy atom. The zero-order valence-corrected chi connectivity index (χ0v) is 13.4. The molecule has 0 aliphatic heterocycles. The van der Waals surface area contributed by atoms with Crippen LogP contribution in [0.2, 0.25) is 0 Å². The van der Waals surface area contributed by atoms with Crippen molar-refractivity contribution in [2.45, 2.75) is 47.3 Å². The van der Waals surface area contributed by atoms with E-state index in [-0.39, 0.29) is 0 Å². The summed E-state index contributed by atoms with van der Waals surface area (Å²) in [5, 5.41) is 0. The van der Waals surface area contributed by atoms with Crippen molar-refractivity contribution in [1.82, 2.24) is 4.90 Å². The molecule has 1 aromatic rings. The molecule has 2 nitrogen and oxygen atoms in total. The van der Waals surface area contributed by atoms with Crippen LogP contribution in [0.15, 0.2) is 30.3 Å². The number of quaternary nitrogens is 1. The lowest BCUT2D eigenvalue weighted by molar-refractivity contribution is -0.969. The molecular weight excluding hydrogens is 232 g/mol. The third kappa shape index (κ3) is 3.80. The van der Waals surface area contributed by atoms with E-state index in [1.807, 2.05) is 0 Å². The zero-order valence-electron chi connectivity index (χ0n) is 13.4. The van der Waals surface area contributed by atoms with Crippen molar-refractivity contribution in [1.29, 1.82) is 0 Å². The van der Waals surface area contributed by atoms with Gasteiger partial charge in [-0.3, -0.25) is 4.90 Å². The molecule has 0 bridgehead atoms. The topological polar surface area (TPSA) is 3.24 Å².